The lowest BCUT2D eigenvalue weighted by Gasteiger charge is -2.26. The summed E-state index contributed by atoms with van der Waals surface area (Å²) in [6, 6.07) is 2.76. The molecule has 3 rings (SSSR count). The lowest BCUT2D eigenvalue weighted by molar-refractivity contribution is -0.384. The van der Waals surface area contributed by atoms with Gasteiger partial charge in [-0.2, -0.15) is 9.41 Å². The fourth-order valence-electron chi connectivity index (χ4n) is 2.76. The zero-order valence-electron chi connectivity index (χ0n) is 15.8. The van der Waals surface area contributed by atoms with Gasteiger partial charge in [-0.1, -0.05) is 0 Å². The quantitative estimate of drug-likeness (QED) is 0.170. The Morgan fingerprint density at radius 3 is 2.16 bits per heavy atom. The summed E-state index contributed by atoms with van der Waals surface area (Å²) in [6.07, 6.45) is 0.248. The van der Waals surface area contributed by atoms with Gasteiger partial charge < -0.3 is 4.74 Å². The molecule has 0 aromatic heterocycles. The number of rotatable bonds is 6. The number of benzene rings is 2. The Balaban J connectivity index is 1.91. The number of hydrazone groups is 1. The minimum absolute atomic E-state index is 0.0579. The fourth-order valence-corrected chi connectivity index (χ4v) is 4.18. The molecule has 1 aliphatic rings. The molecule has 172 valence electrons. The Hall–Kier alpha value is -3.17. The number of sulfonamides is 1. The van der Waals surface area contributed by atoms with Gasteiger partial charge in [-0.05, 0) is 12.1 Å². The molecule has 0 unspecified atom stereocenters. The summed E-state index contributed by atoms with van der Waals surface area (Å²) in [7, 11) is -4.06. The molecule has 0 radical (unpaired) electrons. The van der Waals surface area contributed by atoms with Crippen LogP contribution in [-0.4, -0.2) is 50.2 Å². The van der Waals surface area contributed by atoms with Crippen LogP contribution in [0.15, 0.2) is 28.2 Å². The highest BCUT2D eigenvalue weighted by Gasteiger charge is 2.29. The van der Waals surface area contributed by atoms with Gasteiger partial charge in [0.25, 0.3) is 5.69 Å². The standard InChI is InChI=1S/C17H13F5N4O5S/c18-13-10(14(19)16(21)17(22)15(13)20)8-23-24-11-2-1-9(7-12(11)26(27)28)32(29,30)25-3-5-31-6-4-25/h1-2,7-8,24H,3-6H2. The van der Waals surface area contributed by atoms with Crippen LogP contribution in [0.5, 0.6) is 0 Å². The number of hydrogen-bond acceptors (Lipinski definition) is 7. The molecule has 0 atom stereocenters. The van der Waals surface area contributed by atoms with Gasteiger partial charge >= 0.3 is 0 Å². The second kappa shape index (κ2) is 9.13. The molecule has 15 heteroatoms. The predicted octanol–water partition coefficient (Wildman–Crippen LogP) is 2.76. The third-order valence-electron chi connectivity index (χ3n) is 4.40. The van der Waals surface area contributed by atoms with E-state index in [2.05, 4.69) is 5.10 Å². The number of hydrogen-bond donors (Lipinski definition) is 1. The molecule has 0 saturated carbocycles. The number of nitro benzene ring substituents is 1. The molecule has 0 bridgehead atoms. The second-order valence-corrected chi connectivity index (χ2v) is 8.24. The largest absolute Gasteiger partial charge is 0.379 e. The van der Waals surface area contributed by atoms with Crippen LogP contribution >= 0.6 is 0 Å². The normalized spacial score (nSPS) is 15.3. The summed E-state index contributed by atoms with van der Waals surface area (Å²) in [5.41, 5.74) is -0.484. The molecule has 2 aromatic carbocycles. The lowest BCUT2D eigenvalue weighted by Crippen LogP contribution is -2.40. The average Bonchev–Trinajstić information content (AvgIpc) is 2.79. The molecule has 2 aromatic rings. The maximum atomic E-state index is 13.7. The van der Waals surface area contributed by atoms with Gasteiger partial charge in [-0.25, -0.2) is 30.4 Å². The number of ether oxygens (including phenoxy) is 1. The summed E-state index contributed by atoms with van der Waals surface area (Å²) in [5.74, 6) is -11.0. The molecule has 1 saturated heterocycles. The molecule has 9 nitrogen and oxygen atoms in total. The molecular formula is C17H13F5N4O5S. The minimum Gasteiger partial charge on any atom is -0.379 e. The third-order valence-corrected chi connectivity index (χ3v) is 6.29. The van der Waals surface area contributed by atoms with Crippen molar-refractivity contribution in [3.8, 4) is 0 Å². The van der Waals surface area contributed by atoms with Crippen LogP contribution in [0.2, 0.25) is 0 Å². The summed E-state index contributed by atoms with van der Waals surface area (Å²) in [6.45, 7) is 0.436. The Bertz CT molecular complexity index is 1170. The third kappa shape index (κ3) is 4.39. The highest BCUT2D eigenvalue weighted by atomic mass is 32.2. The van der Waals surface area contributed by atoms with E-state index in [0.717, 1.165) is 22.5 Å². The Labute approximate surface area is 177 Å². The SMILES string of the molecule is O=[N+]([O-])c1cc(S(=O)(=O)N2CCOCC2)ccc1NN=Cc1c(F)c(F)c(F)c(F)c1F. The molecule has 0 amide bonds. The van der Waals surface area contributed by atoms with E-state index >= 15 is 0 Å². The number of nitro groups is 1. The summed E-state index contributed by atoms with van der Waals surface area (Å²) < 4.78 is 98.3. The molecule has 1 N–H and O–H groups in total. The first-order valence-electron chi connectivity index (χ1n) is 8.72. The highest BCUT2D eigenvalue weighted by Crippen LogP contribution is 2.29. The number of morpholine rings is 1. The smallest absolute Gasteiger partial charge is 0.295 e. The molecule has 1 fully saturated rings. The van der Waals surface area contributed by atoms with Crippen LogP contribution in [0, 0.1) is 39.2 Å². The van der Waals surface area contributed by atoms with Gasteiger partial charge in [0.1, 0.15) is 5.69 Å². The van der Waals surface area contributed by atoms with Gasteiger partial charge in [0.2, 0.25) is 15.8 Å². The topological polar surface area (TPSA) is 114 Å². The van der Waals surface area contributed by atoms with Crippen LogP contribution in [0.4, 0.5) is 33.3 Å². The van der Waals surface area contributed by atoms with E-state index in [-0.39, 0.29) is 37.4 Å². The predicted molar refractivity (Wildman–Crippen MR) is 100 cm³/mol. The van der Waals surface area contributed by atoms with Crippen molar-refractivity contribution >= 4 is 27.6 Å². The lowest BCUT2D eigenvalue weighted by atomic mass is 10.2. The Morgan fingerprint density at radius 2 is 1.59 bits per heavy atom. The first-order valence-corrected chi connectivity index (χ1v) is 10.2. The van der Waals surface area contributed by atoms with E-state index < -0.39 is 61.0 Å². The van der Waals surface area contributed by atoms with Crippen molar-refractivity contribution in [3.63, 3.8) is 0 Å². The molecule has 0 spiro atoms. The van der Waals surface area contributed by atoms with E-state index in [4.69, 9.17) is 4.74 Å². The average molecular weight is 480 g/mol. The number of halogens is 5. The van der Waals surface area contributed by atoms with Crippen molar-refractivity contribution in [1.29, 1.82) is 0 Å². The zero-order chi connectivity index (χ0) is 23.6. The van der Waals surface area contributed by atoms with Crippen molar-refractivity contribution < 1.29 is 40.0 Å². The molecule has 0 aliphatic carbocycles. The van der Waals surface area contributed by atoms with Gasteiger partial charge in [-0.3, -0.25) is 15.5 Å². The van der Waals surface area contributed by atoms with Gasteiger partial charge in [-0.15, -0.1) is 0 Å². The minimum atomic E-state index is -4.06. The van der Waals surface area contributed by atoms with Crippen molar-refractivity contribution in [1.82, 2.24) is 4.31 Å². The molecule has 32 heavy (non-hydrogen) atoms. The van der Waals surface area contributed by atoms with Gasteiger partial charge in [0, 0.05) is 19.2 Å². The van der Waals surface area contributed by atoms with E-state index in [1.807, 2.05) is 5.43 Å². The van der Waals surface area contributed by atoms with Crippen molar-refractivity contribution in [2.75, 3.05) is 31.7 Å². The van der Waals surface area contributed by atoms with Gasteiger partial charge in [0.15, 0.2) is 23.3 Å². The monoisotopic (exact) mass is 480 g/mol. The molecular weight excluding hydrogens is 467 g/mol. The second-order valence-electron chi connectivity index (χ2n) is 6.31. The first kappa shape index (κ1) is 23.5. The highest BCUT2D eigenvalue weighted by molar-refractivity contribution is 7.89. The zero-order valence-corrected chi connectivity index (χ0v) is 16.6. The van der Waals surface area contributed by atoms with Crippen LogP contribution in [-0.2, 0) is 14.8 Å². The Kier molecular flexibility index (Phi) is 6.71. The van der Waals surface area contributed by atoms with Crippen LogP contribution < -0.4 is 5.43 Å². The van der Waals surface area contributed by atoms with Crippen molar-refractivity contribution in [2.24, 2.45) is 5.10 Å². The van der Waals surface area contributed by atoms with Crippen LogP contribution in [0.1, 0.15) is 5.56 Å². The molecule has 1 heterocycles. The summed E-state index contributed by atoms with van der Waals surface area (Å²) >= 11 is 0. The maximum Gasteiger partial charge on any atom is 0.295 e. The van der Waals surface area contributed by atoms with E-state index in [1.165, 1.54) is 0 Å². The van der Waals surface area contributed by atoms with E-state index in [9.17, 15) is 40.5 Å². The summed E-state index contributed by atoms with van der Waals surface area (Å²) in [4.78, 5) is 10.0. The van der Waals surface area contributed by atoms with Crippen molar-refractivity contribution in [3.05, 3.63) is 63.0 Å². The number of nitrogens with one attached hydrogen (secondary N) is 1. The number of nitrogens with zero attached hydrogens (tertiary/aromatic N) is 3. The van der Waals surface area contributed by atoms with Crippen molar-refractivity contribution in [2.45, 2.75) is 4.90 Å². The first-order chi connectivity index (χ1) is 15.1. The van der Waals surface area contributed by atoms with E-state index in [0.29, 0.717) is 0 Å². The van der Waals surface area contributed by atoms with Crippen LogP contribution in [0.3, 0.4) is 0 Å². The number of anilines is 1. The fraction of sp³-hybridized carbons (Fsp3) is 0.235. The molecule has 1 aliphatic heterocycles. The maximum absolute atomic E-state index is 13.7. The van der Waals surface area contributed by atoms with E-state index in [1.54, 1.807) is 0 Å². The van der Waals surface area contributed by atoms with Crippen LogP contribution in [0.25, 0.3) is 0 Å². The Morgan fingerprint density at radius 1 is 1.03 bits per heavy atom. The summed E-state index contributed by atoms with van der Waals surface area (Å²) in [5, 5.41) is 14.6. The van der Waals surface area contributed by atoms with Gasteiger partial charge in [0.05, 0.1) is 34.8 Å².